The average Bonchev–Trinajstić information content (AvgIpc) is 3.90. The molecular formula is C60H40N2O. The quantitative estimate of drug-likeness (QED) is 0.153. The second-order valence-corrected chi connectivity index (χ2v) is 16.1. The lowest BCUT2D eigenvalue weighted by Crippen LogP contribution is -2.11. The molecule has 12 rings (SSSR count). The van der Waals surface area contributed by atoms with Crippen LogP contribution in [0.25, 0.3) is 93.9 Å². The van der Waals surface area contributed by atoms with E-state index in [1.807, 2.05) is 12.1 Å². The highest BCUT2D eigenvalue weighted by atomic mass is 16.3. The van der Waals surface area contributed by atoms with Crippen molar-refractivity contribution in [2.75, 3.05) is 4.90 Å². The standard InChI is InChI=1S/C60H40N2O/c1-2-14-41(15-3-1)45-16-12-18-49(38-45)61(56-24-8-4-20-51(56)47-34-37-55-54-23-7-11-27-59(54)63-60(55)40-47)48-35-32-43(33-36-48)42-28-30-44(31-29-42)46-17-13-19-50(39-46)62-57-25-9-5-21-52(57)53-22-6-10-26-58(53)62/h1-40H. The second-order valence-electron chi connectivity index (χ2n) is 16.1. The Morgan fingerprint density at radius 2 is 0.825 bits per heavy atom. The fourth-order valence-corrected chi connectivity index (χ4v) is 9.37. The van der Waals surface area contributed by atoms with E-state index in [4.69, 9.17) is 4.42 Å². The highest BCUT2D eigenvalue weighted by Gasteiger charge is 2.19. The number of aromatic nitrogens is 1. The Kier molecular flexibility index (Phi) is 8.83. The third-order valence-electron chi connectivity index (χ3n) is 12.4. The number of para-hydroxylation sites is 4. The molecule has 0 saturated heterocycles. The summed E-state index contributed by atoms with van der Waals surface area (Å²) in [4.78, 5) is 2.38. The molecule has 0 atom stereocenters. The molecule has 2 aromatic heterocycles. The Labute approximate surface area is 366 Å². The van der Waals surface area contributed by atoms with Crippen molar-refractivity contribution in [1.29, 1.82) is 0 Å². The van der Waals surface area contributed by atoms with Crippen LogP contribution in [0.5, 0.6) is 0 Å². The number of nitrogens with zero attached hydrogens (tertiary/aromatic N) is 2. The van der Waals surface area contributed by atoms with Crippen molar-refractivity contribution in [3.63, 3.8) is 0 Å². The van der Waals surface area contributed by atoms with Crippen molar-refractivity contribution in [2.24, 2.45) is 0 Å². The minimum Gasteiger partial charge on any atom is -0.456 e. The predicted octanol–water partition coefficient (Wildman–Crippen LogP) is 16.8. The molecule has 63 heavy (non-hydrogen) atoms. The van der Waals surface area contributed by atoms with Crippen LogP contribution in [0.4, 0.5) is 17.1 Å². The molecule has 10 aromatic carbocycles. The summed E-state index contributed by atoms with van der Waals surface area (Å²) in [5.41, 5.74) is 17.8. The minimum absolute atomic E-state index is 0.882. The zero-order chi connectivity index (χ0) is 41.7. The van der Waals surface area contributed by atoms with Gasteiger partial charge in [0, 0.05) is 44.2 Å². The molecule has 0 amide bonds. The van der Waals surface area contributed by atoms with Crippen molar-refractivity contribution in [2.45, 2.75) is 0 Å². The lowest BCUT2D eigenvalue weighted by molar-refractivity contribution is 0.669. The molecule has 3 nitrogen and oxygen atoms in total. The Morgan fingerprint density at radius 1 is 0.302 bits per heavy atom. The van der Waals surface area contributed by atoms with Gasteiger partial charge in [0.25, 0.3) is 0 Å². The zero-order valence-corrected chi connectivity index (χ0v) is 34.4. The largest absolute Gasteiger partial charge is 0.456 e. The summed E-state index contributed by atoms with van der Waals surface area (Å²) in [6.07, 6.45) is 0. The molecule has 0 bridgehead atoms. The van der Waals surface area contributed by atoms with Gasteiger partial charge in [-0.1, -0.05) is 170 Å². The van der Waals surface area contributed by atoms with Crippen LogP contribution in [0, 0.1) is 0 Å². The van der Waals surface area contributed by atoms with Gasteiger partial charge in [0.2, 0.25) is 0 Å². The Balaban J connectivity index is 0.905. The van der Waals surface area contributed by atoms with Gasteiger partial charge < -0.3 is 13.9 Å². The maximum Gasteiger partial charge on any atom is 0.136 e. The van der Waals surface area contributed by atoms with Crippen LogP contribution < -0.4 is 4.90 Å². The first-order valence-corrected chi connectivity index (χ1v) is 21.5. The van der Waals surface area contributed by atoms with E-state index in [0.717, 1.165) is 66.9 Å². The molecule has 0 radical (unpaired) electrons. The van der Waals surface area contributed by atoms with Crippen molar-refractivity contribution in [3.8, 4) is 50.2 Å². The van der Waals surface area contributed by atoms with Crippen molar-refractivity contribution in [3.05, 3.63) is 243 Å². The molecule has 12 aromatic rings. The fraction of sp³-hybridized carbons (Fsp3) is 0. The number of hydrogen-bond donors (Lipinski definition) is 0. The van der Waals surface area contributed by atoms with E-state index in [2.05, 4.69) is 240 Å². The van der Waals surface area contributed by atoms with Gasteiger partial charge in [0.15, 0.2) is 0 Å². The van der Waals surface area contributed by atoms with Gasteiger partial charge in [-0.15, -0.1) is 0 Å². The molecule has 0 N–H and O–H groups in total. The number of benzene rings is 10. The van der Waals surface area contributed by atoms with E-state index in [9.17, 15) is 0 Å². The number of rotatable bonds is 8. The number of hydrogen-bond acceptors (Lipinski definition) is 2. The molecular weight excluding hydrogens is 765 g/mol. The lowest BCUT2D eigenvalue weighted by Gasteiger charge is -2.28. The van der Waals surface area contributed by atoms with Gasteiger partial charge in [-0.25, -0.2) is 0 Å². The van der Waals surface area contributed by atoms with Crippen LogP contribution in [0.2, 0.25) is 0 Å². The summed E-state index contributed by atoms with van der Waals surface area (Å²) in [6.45, 7) is 0. The first-order valence-electron chi connectivity index (χ1n) is 21.5. The van der Waals surface area contributed by atoms with Gasteiger partial charge >= 0.3 is 0 Å². The number of fused-ring (bicyclic) bond motifs is 6. The maximum atomic E-state index is 6.37. The Hall–Kier alpha value is -8.40. The van der Waals surface area contributed by atoms with E-state index in [1.165, 1.54) is 44.1 Å². The Morgan fingerprint density at radius 3 is 1.57 bits per heavy atom. The minimum atomic E-state index is 0.882. The van der Waals surface area contributed by atoms with Crippen LogP contribution in [0.3, 0.4) is 0 Å². The predicted molar refractivity (Wildman–Crippen MR) is 264 cm³/mol. The van der Waals surface area contributed by atoms with Crippen LogP contribution in [-0.2, 0) is 0 Å². The van der Waals surface area contributed by atoms with Crippen LogP contribution in [0.1, 0.15) is 0 Å². The summed E-state index contributed by atoms with van der Waals surface area (Å²) >= 11 is 0. The van der Waals surface area contributed by atoms with Gasteiger partial charge in [-0.2, -0.15) is 0 Å². The second kappa shape index (κ2) is 15.3. The highest BCUT2D eigenvalue weighted by Crippen LogP contribution is 2.44. The zero-order valence-electron chi connectivity index (χ0n) is 34.4. The van der Waals surface area contributed by atoms with Gasteiger partial charge in [-0.05, 0) is 112 Å². The molecule has 0 aliphatic carbocycles. The molecule has 0 unspecified atom stereocenters. The highest BCUT2D eigenvalue weighted by molar-refractivity contribution is 6.09. The number of anilines is 3. The number of furan rings is 1. The molecule has 2 heterocycles. The van der Waals surface area contributed by atoms with Crippen molar-refractivity contribution < 1.29 is 4.42 Å². The van der Waals surface area contributed by atoms with Crippen LogP contribution in [0.15, 0.2) is 247 Å². The summed E-state index contributed by atoms with van der Waals surface area (Å²) in [7, 11) is 0. The smallest absolute Gasteiger partial charge is 0.136 e. The van der Waals surface area contributed by atoms with E-state index in [0.29, 0.717) is 0 Å². The van der Waals surface area contributed by atoms with Crippen LogP contribution >= 0.6 is 0 Å². The molecule has 0 fully saturated rings. The van der Waals surface area contributed by atoms with Crippen molar-refractivity contribution >= 4 is 60.8 Å². The first kappa shape index (κ1) is 36.5. The third-order valence-corrected chi connectivity index (χ3v) is 12.4. The summed E-state index contributed by atoms with van der Waals surface area (Å²) in [5.74, 6) is 0. The average molecular weight is 805 g/mol. The van der Waals surface area contributed by atoms with Gasteiger partial charge in [0.1, 0.15) is 11.2 Å². The molecule has 3 heteroatoms. The first-order chi connectivity index (χ1) is 31.2. The maximum absolute atomic E-state index is 6.37. The SMILES string of the molecule is c1ccc(-c2cccc(N(c3ccc(-c4ccc(-c5cccc(-n6c7ccccc7c7ccccc76)c5)cc4)cc3)c3ccccc3-c3ccc4c(c3)oc3ccccc34)c2)cc1. The molecule has 296 valence electrons. The van der Waals surface area contributed by atoms with E-state index in [1.54, 1.807) is 0 Å². The topological polar surface area (TPSA) is 21.3 Å². The van der Waals surface area contributed by atoms with E-state index >= 15 is 0 Å². The molecule has 0 spiro atoms. The van der Waals surface area contributed by atoms with Gasteiger partial charge in [0.05, 0.1) is 16.7 Å². The van der Waals surface area contributed by atoms with Gasteiger partial charge in [-0.3, -0.25) is 0 Å². The van der Waals surface area contributed by atoms with Crippen LogP contribution in [-0.4, -0.2) is 4.57 Å². The summed E-state index contributed by atoms with van der Waals surface area (Å²) in [6, 6.07) is 87.1. The molecule has 0 saturated carbocycles. The van der Waals surface area contributed by atoms with E-state index < -0.39 is 0 Å². The summed E-state index contributed by atoms with van der Waals surface area (Å²) < 4.78 is 8.75. The van der Waals surface area contributed by atoms with E-state index in [-0.39, 0.29) is 0 Å². The fourth-order valence-electron chi connectivity index (χ4n) is 9.37. The Bertz CT molecular complexity index is 3560. The third kappa shape index (κ3) is 6.46. The normalized spacial score (nSPS) is 11.5. The van der Waals surface area contributed by atoms with Crippen molar-refractivity contribution in [1.82, 2.24) is 4.57 Å². The summed E-state index contributed by atoms with van der Waals surface area (Å²) in [5, 5.41) is 4.78. The monoisotopic (exact) mass is 804 g/mol. The lowest BCUT2D eigenvalue weighted by atomic mass is 9.98. The molecule has 0 aliphatic rings. The molecule has 0 aliphatic heterocycles.